The molecule has 4 rings (SSSR count). The molecule has 0 saturated carbocycles. The predicted molar refractivity (Wildman–Crippen MR) is 125 cm³/mol. The quantitative estimate of drug-likeness (QED) is 0.473. The van der Waals surface area contributed by atoms with E-state index in [1.54, 1.807) is 31.2 Å². The minimum Gasteiger partial charge on any atom is -0.277 e. The Morgan fingerprint density at radius 3 is 2.48 bits per heavy atom. The number of hydrogen-bond donors (Lipinski definition) is 1. The molecule has 33 heavy (non-hydrogen) atoms. The third-order valence-electron chi connectivity index (χ3n) is 5.45. The van der Waals surface area contributed by atoms with Crippen LogP contribution in [0.15, 0.2) is 59.4 Å². The number of benzene rings is 2. The maximum absolute atomic E-state index is 13.2. The molecule has 0 aliphatic rings. The van der Waals surface area contributed by atoms with E-state index >= 15 is 0 Å². The monoisotopic (exact) mass is 440 g/mol. The van der Waals surface area contributed by atoms with Gasteiger partial charge in [-0.1, -0.05) is 49.4 Å². The second kappa shape index (κ2) is 9.49. The fraction of sp³-hybridized carbons (Fsp3) is 0.240. The molecular weight excluding hydrogens is 416 g/mol. The van der Waals surface area contributed by atoms with Crippen molar-refractivity contribution in [3.8, 4) is 6.07 Å². The van der Waals surface area contributed by atoms with Gasteiger partial charge < -0.3 is 0 Å². The molecule has 2 aromatic heterocycles. The number of nitrogens with one attached hydrogen (secondary N) is 1. The van der Waals surface area contributed by atoms with Crippen LogP contribution in [-0.2, 0) is 17.8 Å². The molecule has 4 aromatic rings. The van der Waals surface area contributed by atoms with Gasteiger partial charge in [-0.05, 0) is 36.6 Å². The molecule has 1 amide bonds. The minimum atomic E-state index is -0.235. The van der Waals surface area contributed by atoms with Crippen molar-refractivity contribution >= 4 is 17.6 Å². The summed E-state index contributed by atoms with van der Waals surface area (Å²) in [4.78, 5) is 36.6. The first kappa shape index (κ1) is 22.0. The highest BCUT2D eigenvalue weighted by molar-refractivity contribution is 5.91. The van der Waals surface area contributed by atoms with E-state index in [0.717, 1.165) is 11.1 Å². The predicted octanol–water partition coefficient (Wildman–Crippen LogP) is 3.52. The smallest absolute Gasteiger partial charge is 0.277 e. The number of amides is 1. The second-order valence-corrected chi connectivity index (χ2v) is 7.86. The number of nitriles is 1. The number of nitrogens with zero attached hydrogens (tertiary/aromatic N) is 5. The van der Waals surface area contributed by atoms with Gasteiger partial charge in [0, 0.05) is 18.4 Å². The molecule has 0 radical (unpaired) electrons. The average Bonchev–Trinajstić information content (AvgIpc) is 3.25. The number of H-pyrrole nitrogens is 1. The number of carbonyl (C=O) groups excluding carboxylic acids is 1. The third kappa shape index (κ3) is 4.67. The van der Waals surface area contributed by atoms with Crippen LogP contribution in [0.4, 0.5) is 5.95 Å². The van der Waals surface area contributed by atoms with Crippen LogP contribution in [0.25, 0.3) is 5.78 Å². The molecule has 0 bridgehead atoms. The summed E-state index contributed by atoms with van der Waals surface area (Å²) in [5.41, 5.74) is 3.36. The molecule has 0 spiro atoms. The molecule has 1 N–H and O–H groups in total. The fourth-order valence-electron chi connectivity index (χ4n) is 3.67. The summed E-state index contributed by atoms with van der Waals surface area (Å²) in [5.74, 6) is 0.368. The van der Waals surface area contributed by atoms with Gasteiger partial charge in [-0.25, -0.2) is 4.98 Å². The number of aromatic amines is 1. The lowest BCUT2D eigenvalue weighted by Gasteiger charge is -2.19. The van der Waals surface area contributed by atoms with Crippen LogP contribution in [0, 0.1) is 18.3 Å². The van der Waals surface area contributed by atoms with E-state index in [2.05, 4.69) is 21.1 Å². The van der Waals surface area contributed by atoms with Crippen LogP contribution in [0.1, 0.15) is 47.7 Å². The Morgan fingerprint density at radius 2 is 1.82 bits per heavy atom. The van der Waals surface area contributed by atoms with E-state index < -0.39 is 0 Å². The Kier molecular flexibility index (Phi) is 6.31. The van der Waals surface area contributed by atoms with Crippen molar-refractivity contribution in [3.05, 3.63) is 92.9 Å². The van der Waals surface area contributed by atoms with Gasteiger partial charge in [0.15, 0.2) is 0 Å². The zero-order chi connectivity index (χ0) is 23.4. The molecule has 2 heterocycles. The van der Waals surface area contributed by atoms with Crippen LogP contribution in [0.3, 0.4) is 0 Å². The van der Waals surface area contributed by atoms with Crippen molar-refractivity contribution in [2.45, 2.75) is 39.7 Å². The van der Waals surface area contributed by atoms with Crippen molar-refractivity contribution in [1.82, 2.24) is 19.6 Å². The molecule has 8 nitrogen and oxygen atoms in total. The number of aryl methyl sites for hydroxylation is 1. The van der Waals surface area contributed by atoms with Crippen LogP contribution < -0.4 is 10.5 Å². The van der Waals surface area contributed by atoms with Crippen LogP contribution >= 0.6 is 0 Å². The summed E-state index contributed by atoms with van der Waals surface area (Å²) in [5, 5.41) is 12.0. The molecule has 0 saturated heterocycles. The fourth-order valence-corrected chi connectivity index (χ4v) is 3.67. The maximum atomic E-state index is 13.2. The van der Waals surface area contributed by atoms with Gasteiger partial charge in [-0.2, -0.15) is 14.8 Å². The molecule has 0 aliphatic heterocycles. The summed E-state index contributed by atoms with van der Waals surface area (Å²) in [6.45, 7) is 3.99. The number of hydrogen-bond acceptors (Lipinski definition) is 5. The largest absolute Gasteiger partial charge is 0.277 e. The van der Waals surface area contributed by atoms with E-state index in [1.807, 2.05) is 37.3 Å². The van der Waals surface area contributed by atoms with E-state index in [-0.39, 0.29) is 29.7 Å². The first-order valence-corrected chi connectivity index (χ1v) is 10.8. The van der Waals surface area contributed by atoms with Gasteiger partial charge in [0.05, 0.1) is 23.9 Å². The van der Waals surface area contributed by atoms with Crippen LogP contribution in [0.2, 0.25) is 0 Å². The summed E-state index contributed by atoms with van der Waals surface area (Å²) >= 11 is 0. The zero-order valence-corrected chi connectivity index (χ0v) is 18.6. The minimum absolute atomic E-state index is 0.116. The molecule has 8 heteroatoms. The molecule has 0 aliphatic carbocycles. The highest BCUT2D eigenvalue weighted by Gasteiger charge is 2.21. The molecular formula is C25H24N6O2. The molecule has 2 aromatic carbocycles. The first-order valence-electron chi connectivity index (χ1n) is 10.8. The lowest BCUT2D eigenvalue weighted by molar-refractivity contribution is -0.118. The van der Waals surface area contributed by atoms with Gasteiger partial charge in [0.1, 0.15) is 0 Å². The summed E-state index contributed by atoms with van der Waals surface area (Å²) in [6.07, 6.45) is 1.48. The van der Waals surface area contributed by atoms with Crippen LogP contribution in [0.5, 0.6) is 0 Å². The Balaban J connectivity index is 1.73. The van der Waals surface area contributed by atoms with E-state index in [1.165, 1.54) is 9.42 Å². The van der Waals surface area contributed by atoms with E-state index in [4.69, 9.17) is 5.26 Å². The van der Waals surface area contributed by atoms with Gasteiger partial charge in [0.2, 0.25) is 11.9 Å². The summed E-state index contributed by atoms with van der Waals surface area (Å²) < 4.78 is 1.30. The molecule has 166 valence electrons. The summed E-state index contributed by atoms with van der Waals surface area (Å²) in [7, 11) is 0. The molecule has 0 fully saturated rings. The Bertz CT molecular complexity index is 1380. The zero-order valence-electron chi connectivity index (χ0n) is 18.6. The van der Waals surface area contributed by atoms with Crippen molar-refractivity contribution in [1.29, 1.82) is 5.26 Å². The van der Waals surface area contributed by atoms with Gasteiger partial charge in [-0.15, -0.1) is 0 Å². The van der Waals surface area contributed by atoms with Crippen molar-refractivity contribution in [2.24, 2.45) is 0 Å². The highest BCUT2D eigenvalue weighted by Crippen LogP contribution is 2.17. The average molecular weight is 441 g/mol. The normalized spacial score (nSPS) is 10.8. The Labute approximate surface area is 191 Å². The second-order valence-electron chi connectivity index (χ2n) is 7.86. The first-order chi connectivity index (χ1) is 16.0. The summed E-state index contributed by atoms with van der Waals surface area (Å²) in [6, 6.07) is 18.9. The van der Waals surface area contributed by atoms with E-state index in [9.17, 15) is 9.59 Å². The van der Waals surface area contributed by atoms with Crippen molar-refractivity contribution < 1.29 is 4.79 Å². The van der Waals surface area contributed by atoms with Gasteiger partial charge >= 0.3 is 0 Å². The molecule has 0 unspecified atom stereocenters. The van der Waals surface area contributed by atoms with Gasteiger partial charge in [0.25, 0.3) is 11.3 Å². The van der Waals surface area contributed by atoms with Crippen molar-refractivity contribution in [2.75, 3.05) is 4.90 Å². The third-order valence-corrected chi connectivity index (χ3v) is 5.45. The number of aromatic nitrogens is 4. The van der Waals surface area contributed by atoms with E-state index in [0.29, 0.717) is 36.1 Å². The lowest BCUT2D eigenvalue weighted by atomic mass is 10.1. The van der Waals surface area contributed by atoms with Gasteiger partial charge in [-0.3, -0.25) is 19.6 Å². The number of anilines is 1. The maximum Gasteiger partial charge on any atom is 0.277 e. The molecule has 0 atom stereocenters. The number of carbonyl (C=O) groups is 1. The standard InChI is InChI=1S/C25H24N6O2/c1-3-7-22(32)30(16-20-12-10-19(15-26)11-13-20)25-28-24-27-17(2)21(23(33)31(24)29-25)14-18-8-5-4-6-9-18/h4-6,8-13H,3,7,14,16H2,1-2H3,(H,27,28,29). The topological polar surface area (TPSA) is 107 Å². The Morgan fingerprint density at radius 1 is 1.09 bits per heavy atom. The van der Waals surface area contributed by atoms with Crippen molar-refractivity contribution in [3.63, 3.8) is 0 Å². The Hall–Kier alpha value is -4.25. The highest BCUT2D eigenvalue weighted by atomic mass is 16.2. The van der Waals surface area contributed by atoms with Crippen LogP contribution in [-0.4, -0.2) is 25.5 Å². The SMILES string of the molecule is CCCC(=O)N(Cc1ccc(C#N)cc1)c1nc2nc(C)c(Cc3ccccc3)c(=O)n2[nH]1. The number of fused-ring (bicyclic) bond motifs is 1. The lowest BCUT2D eigenvalue weighted by Crippen LogP contribution is -2.31. The number of rotatable bonds is 7.